The third-order valence-corrected chi connectivity index (χ3v) is 15.1. The molecule has 0 radical (unpaired) electrons. The third-order valence-electron chi connectivity index (χ3n) is 15.1. The maximum absolute atomic E-state index is 11.4. The van der Waals surface area contributed by atoms with Crippen LogP contribution in [0.4, 0.5) is 0 Å². The number of carbonyl (C=O) groups excluding carboxylic acids is 1. The summed E-state index contributed by atoms with van der Waals surface area (Å²) in [4.78, 5) is 11.4. The quantitative estimate of drug-likeness (QED) is 0.314. The van der Waals surface area contributed by atoms with Gasteiger partial charge in [0.1, 0.15) is 6.29 Å². The van der Waals surface area contributed by atoms with Crippen LogP contribution in [0.5, 0.6) is 0 Å². The molecule has 0 saturated heterocycles. The van der Waals surface area contributed by atoms with E-state index in [1.54, 1.807) is 11.1 Å². The van der Waals surface area contributed by atoms with Gasteiger partial charge in [0.05, 0.1) is 0 Å². The minimum absolute atomic E-state index is 0.215. The first-order valence-electron chi connectivity index (χ1n) is 17.5. The van der Waals surface area contributed by atoms with Crippen molar-refractivity contribution >= 4 is 6.29 Å². The molecule has 0 bridgehead atoms. The molecule has 6 aliphatic carbocycles. The number of ether oxygens (including phenoxy) is 1. The Hall–Kier alpha value is -0.930. The first-order chi connectivity index (χ1) is 19.4. The molecular formula is C38H61NO2. The van der Waals surface area contributed by atoms with Crippen LogP contribution < -0.4 is 5.32 Å². The zero-order valence-electron chi connectivity index (χ0n) is 27.6. The van der Waals surface area contributed by atoms with Gasteiger partial charge >= 0.3 is 0 Å². The lowest BCUT2D eigenvalue weighted by Gasteiger charge is -2.70. The second-order valence-corrected chi connectivity index (χ2v) is 17.2. The van der Waals surface area contributed by atoms with Crippen LogP contribution in [-0.2, 0) is 9.53 Å². The molecule has 0 aromatic rings. The normalized spacial score (nSPS) is 47.6. The zero-order chi connectivity index (χ0) is 29.3. The first kappa shape index (κ1) is 30.1. The standard InChI is InChI=1S/C38H61NO2/c1-26(25-41-7)23-39-38-19-8-18-37(38,6)31-13-14-33-35(4,30(31)16-22-38)21-17-32-34(2,3)29(15-20-36(32,33)5)28-11-9-27(24-40)10-12-28/h11,15,24,26-27,30-33,39H,8-10,12-14,16-23,25H2,1-7H3/t26-,27-,30?,31-,32?,33?,35-,36-,37+,38-/m0/s1. The van der Waals surface area contributed by atoms with Gasteiger partial charge in [0.15, 0.2) is 0 Å². The predicted octanol–water partition coefficient (Wildman–Crippen LogP) is 8.93. The number of methoxy groups -OCH3 is 1. The van der Waals surface area contributed by atoms with Gasteiger partial charge in [-0.2, -0.15) is 0 Å². The van der Waals surface area contributed by atoms with Gasteiger partial charge < -0.3 is 14.8 Å². The summed E-state index contributed by atoms with van der Waals surface area (Å²) in [6, 6.07) is 0. The molecule has 3 heteroatoms. The van der Waals surface area contributed by atoms with E-state index >= 15 is 0 Å². The Balaban J connectivity index is 1.26. The van der Waals surface area contributed by atoms with E-state index in [0.717, 1.165) is 56.1 Å². The Morgan fingerprint density at radius 2 is 1.73 bits per heavy atom. The second kappa shape index (κ2) is 10.6. The Morgan fingerprint density at radius 1 is 0.927 bits per heavy atom. The van der Waals surface area contributed by atoms with Crippen LogP contribution in [-0.4, -0.2) is 32.1 Å². The van der Waals surface area contributed by atoms with Crippen molar-refractivity contribution in [2.24, 2.45) is 57.2 Å². The topological polar surface area (TPSA) is 38.3 Å². The van der Waals surface area contributed by atoms with Crippen LogP contribution >= 0.6 is 0 Å². The van der Waals surface area contributed by atoms with Gasteiger partial charge in [-0.05, 0) is 139 Å². The highest BCUT2D eigenvalue weighted by molar-refractivity contribution is 5.55. The van der Waals surface area contributed by atoms with Gasteiger partial charge in [0.2, 0.25) is 0 Å². The van der Waals surface area contributed by atoms with Crippen molar-refractivity contribution in [1.82, 2.24) is 5.32 Å². The average Bonchev–Trinajstić information content (AvgIpc) is 3.29. The minimum atomic E-state index is 0.215. The van der Waals surface area contributed by atoms with Crippen molar-refractivity contribution in [3.05, 3.63) is 23.3 Å². The van der Waals surface area contributed by atoms with E-state index in [0.29, 0.717) is 27.7 Å². The Bertz CT molecular complexity index is 1070. The van der Waals surface area contributed by atoms with Gasteiger partial charge in [-0.25, -0.2) is 0 Å². The number of rotatable bonds is 7. The van der Waals surface area contributed by atoms with Gasteiger partial charge in [0.25, 0.3) is 0 Å². The highest BCUT2D eigenvalue weighted by atomic mass is 16.5. The van der Waals surface area contributed by atoms with Crippen molar-refractivity contribution in [2.75, 3.05) is 20.3 Å². The lowest BCUT2D eigenvalue weighted by Crippen LogP contribution is -2.67. The zero-order valence-corrected chi connectivity index (χ0v) is 27.6. The van der Waals surface area contributed by atoms with Crippen molar-refractivity contribution in [1.29, 1.82) is 0 Å². The molecule has 41 heavy (non-hydrogen) atoms. The summed E-state index contributed by atoms with van der Waals surface area (Å²) in [7, 11) is 1.84. The Labute approximate surface area is 252 Å². The van der Waals surface area contributed by atoms with Gasteiger partial charge in [0, 0.05) is 31.7 Å². The Kier molecular flexibility index (Phi) is 7.79. The van der Waals surface area contributed by atoms with Crippen LogP contribution in [0.1, 0.15) is 125 Å². The summed E-state index contributed by atoms with van der Waals surface area (Å²) < 4.78 is 5.49. The highest BCUT2D eigenvalue weighted by Crippen LogP contribution is 2.74. The van der Waals surface area contributed by atoms with Gasteiger partial charge in [-0.1, -0.05) is 60.1 Å². The fourth-order valence-corrected chi connectivity index (χ4v) is 13.1. The summed E-state index contributed by atoms with van der Waals surface area (Å²) in [6.07, 6.45) is 23.3. The van der Waals surface area contributed by atoms with Crippen LogP contribution in [0, 0.1) is 57.2 Å². The number of fused-ring (bicyclic) bond motifs is 7. The van der Waals surface area contributed by atoms with E-state index in [-0.39, 0.29) is 11.3 Å². The largest absolute Gasteiger partial charge is 0.384 e. The fraction of sp³-hybridized carbons (Fsp3) is 0.868. The van der Waals surface area contributed by atoms with Crippen molar-refractivity contribution in [3.8, 4) is 0 Å². The number of aldehydes is 1. The van der Waals surface area contributed by atoms with E-state index in [1.165, 1.54) is 70.5 Å². The number of allylic oxidation sites excluding steroid dienone is 4. The lowest BCUT2D eigenvalue weighted by molar-refractivity contribution is -0.191. The lowest BCUT2D eigenvalue weighted by atomic mass is 9.35. The molecule has 230 valence electrons. The van der Waals surface area contributed by atoms with E-state index in [2.05, 4.69) is 59.0 Å². The summed E-state index contributed by atoms with van der Waals surface area (Å²) in [5.74, 6) is 4.14. The highest BCUT2D eigenvalue weighted by Gasteiger charge is 2.68. The van der Waals surface area contributed by atoms with Gasteiger partial charge in [-0.15, -0.1) is 0 Å². The smallest absolute Gasteiger partial charge is 0.123 e. The van der Waals surface area contributed by atoms with E-state index in [1.807, 2.05) is 7.11 Å². The monoisotopic (exact) mass is 563 g/mol. The van der Waals surface area contributed by atoms with E-state index in [4.69, 9.17) is 4.74 Å². The number of nitrogens with one attached hydrogen (secondary N) is 1. The van der Waals surface area contributed by atoms with Crippen molar-refractivity contribution < 1.29 is 9.53 Å². The summed E-state index contributed by atoms with van der Waals surface area (Å²) in [6.45, 7) is 17.6. The van der Waals surface area contributed by atoms with Crippen LogP contribution in [0.25, 0.3) is 0 Å². The minimum Gasteiger partial charge on any atom is -0.384 e. The molecule has 0 spiro atoms. The van der Waals surface area contributed by atoms with E-state index < -0.39 is 0 Å². The third kappa shape index (κ3) is 4.43. The molecule has 0 amide bonds. The van der Waals surface area contributed by atoms with Crippen LogP contribution in [0.3, 0.4) is 0 Å². The SMILES string of the molecule is COC[C@@H](C)CN[C@]12CCC[C@]1(C)[C@H]1CCC3[C@@](C)(CCC4C(C)(C)C(C5=CC[C@H](C=O)CC5)=CC[C@@]43C)C1CC2. The second-order valence-electron chi connectivity index (χ2n) is 17.2. The molecule has 10 atom stereocenters. The number of carbonyl (C=O) groups is 1. The predicted molar refractivity (Wildman–Crippen MR) is 170 cm³/mol. The average molecular weight is 564 g/mol. The first-order valence-corrected chi connectivity index (χ1v) is 17.5. The molecule has 6 aliphatic rings. The molecule has 1 N–H and O–H groups in total. The maximum Gasteiger partial charge on any atom is 0.123 e. The van der Waals surface area contributed by atoms with Crippen LogP contribution in [0.15, 0.2) is 23.3 Å². The van der Waals surface area contributed by atoms with Gasteiger partial charge in [-0.3, -0.25) is 0 Å². The number of hydrogen-bond donors (Lipinski definition) is 1. The molecular weight excluding hydrogens is 502 g/mol. The summed E-state index contributed by atoms with van der Waals surface area (Å²) in [5.41, 5.74) is 5.05. The Morgan fingerprint density at radius 3 is 2.44 bits per heavy atom. The molecule has 4 fully saturated rings. The molecule has 0 aromatic carbocycles. The summed E-state index contributed by atoms with van der Waals surface area (Å²) >= 11 is 0. The van der Waals surface area contributed by atoms with Crippen molar-refractivity contribution in [3.63, 3.8) is 0 Å². The molecule has 0 aliphatic heterocycles. The van der Waals surface area contributed by atoms with Crippen molar-refractivity contribution in [2.45, 2.75) is 131 Å². The molecule has 0 heterocycles. The molecule has 6 rings (SSSR count). The van der Waals surface area contributed by atoms with Crippen LogP contribution in [0.2, 0.25) is 0 Å². The molecule has 3 unspecified atom stereocenters. The molecule has 0 aromatic heterocycles. The molecule has 4 saturated carbocycles. The number of hydrogen-bond acceptors (Lipinski definition) is 3. The summed E-state index contributed by atoms with van der Waals surface area (Å²) in [5, 5.41) is 4.23. The van der Waals surface area contributed by atoms with E-state index in [9.17, 15) is 4.79 Å². The maximum atomic E-state index is 11.4. The molecule has 3 nitrogen and oxygen atoms in total. The fourth-order valence-electron chi connectivity index (χ4n) is 13.1.